The van der Waals surface area contributed by atoms with Crippen LogP contribution in [0.4, 0.5) is 0 Å². The number of carboxylic acids is 1. The molecule has 0 aromatic heterocycles. The summed E-state index contributed by atoms with van der Waals surface area (Å²) < 4.78 is 10.6. The number of carboxylic acid groups (broad SMARTS) is 1. The van der Waals surface area contributed by atoms with Gasteiger partial charge < -0.3 is 14.6 Å². The van der Waals surface area contributed by atoms with Gasteiger partial charge in [-0.25, -0.2) is 4.79 Å². The molecule has 2 atom stereocenters. The molecule has 0 radical (unpaired) electrons. The predicted octanol–water partition coefficient (Wildman–Crippen LogP) is 1.23. The molecule has 2 rings (SSSR count). The van der Waals surface area contributed by atoms with Gasteiger partial charge in [0.1, 0.15) is 6.10 Å². The van der Waals surface area contributed by atoms with Gasteiger partial charge in [-0.05, 0) is 5.56 Å². The quantitative estimate of drug-likeness (QED) is 0.794. The molecule has 15 heavy (non-hydrogen) atoms. The highest BCUT2D eigenvalue weighted by molar-refractivity contribution is 5.72. The van der Waals surface area contributed by atoms with Crippen molar-refractivity contribution in [2.24, 2.45) is 0 Å². The summed E-state index contributed by atoms with van der Waals surface area (Å²) in [4.78, 5) is 10.6. The maximum absolute atomic E-state index is 10.6. The van der Waals surface area contributed by atoms with E-state index in [0.29, 0.717) is 6.61 Å². The zero-order chi connectivity index (χ0) is 10.7. The molecule has 1 fully saturated rings. The first-order valence-electron chi connectivity index (χ1n) is 4.78. The van der Waals surface area contributed by atoms with E-state index in [1.165, 1.54) is 0 Å². The molecule has 1 heterocycles. The third kappa shape index (κ3) is 2.34. The van der Waals surface area contributed by atoms with E-state index in [2.05, 4.69) is 0 Å². The summed E-state index contributed by atoms with van der Waals surface area (Å²) >= 11 is 0. The minimum absolute atomic E-state index is 0.106. The Morgan fingerprint density at radius 1 is 1.20 bits per heavy atom. The highest BCUT2D eigenvalue weighted by Crippen LogP contribution is 2.22. The molecule has 0 unspecified atom stereocenters. The zero-order valence-corrected chi connectivity index (χ0v) is 8.13. The first-order chi connectivity index (χ1) is 7.27. The molecule has 4 nitrogen and oxygen atoms in total. The molecule has 0 amide bonds. The number of hydrogen-bond acceptors (Lipinski definition) is 3. The highest BCUT2D eigenvalue weighted by atomic mass is 16.6. The van der Waals surface area contributed by atoms with Crippen LogP contribution < -0.4 is 0 Å². The fraction of sp³-hybridized carbons (Fsp3) is 0.364. The van der Waals surface area contributed by atoms with Gasteiger partial charge in [0.15, 0.2) is 6.10 Å². The molecule has 1 N–H and O–H groups in total. The second-order valence-corrected chi connectivity index (χ2v) is 3.39. The molecule has 1 saturated heterocycles. The summed E-state index contributed by atoms with van der Waals surface area (Å²) in [6.07, 6.45) is -0.980. The third-order valence-corrected chi connectivity index (χ3v) is 2.34. The Bertz CT molecular complexity index is 328. The lowest BCUT2D eigenvalue weighted by Gasteiger charge is -2.27. The van der Waals surface area contributed by atoms with Crippen molar-refractivity contribution in [3.63, 3.8) is 0 Å². The van der Waals surface area contributed by atoms with E-state index in [-0.39, 0.29) is 12.7 Å². The van der Waals surface area contributed by atoms with E-state index in [9.17, 15) is 4.79 Å². The average Bonchev–Trinajstić information content (AvgIpc) is 2.30. The molecule has 1 aromatic carbocycles. The monoisotopic (exact) mass is 208 g/mol. The van der Waals surface area contributed by atoms with Gasteiger partial charge in [0.05, 0.1) is 13.2 Å². The molecule has 1 aliphatic heterocycles. The molecule has 0 spiro atoms. The van der Waals surface area contributed by atoms with Crippen LogP contribution >= 0.6 is 0 Å². The van der Waals surface area contributed by atoms with Crippen LogP contribution in [0.25, 0.3) is 0 Å². The van der Waals surface area contributed by atoms with Gasteiger partial charge in [-0.3, -0.25) is 0 Å². The van der Waals surface area contributed by atoms with Crippen molar-refractivity contribution in [2.75, 3.05) is 13.2 Å². The van der Waals surface area contributed by atoms with Gasteiger partial charge in [-0.2, -0.15) is 0 Å². The van der Waals surface area contributed by atoms with Gasteiger partial charge in [-0.1, -0.05) is 30.3 Å². The number of rotatable bonds is 2. The zero-order valence-electron chi connectivity index (χ0n) is 8.13. The normalized spacial score (nSPS) is 26.1. The van der Waals surface area contributed by atoms with Gasteiger partial charge >= 0.3 is 5.97 Å². The van der Waals surface area contributed by atoms with Crippen LogP contribution in [0.1, 0.15) is 11.7 Å². The first kappa shape index (κ1) is 10.1. The molecular formula is C11H12O4. The summed E-state index contributed by atoms with van der Waals surface area (Å²) in [5, 5.41) is 8.69. The molecule has 1 aliphatic rings. The minimum Gasteiger partial charge on any atom is -0.479 e. The Morgan fingerprint density at radius 3 is 2.47 bits per heavy atom. The summed E-state index contributed by atoms with van der Waals surface area (Å²) in [5.74, 6) is -0.971. The fourth-order valence-corrected chi connectivity index (χ4v) is 1.51. The second kappa shape index (κ2) is 4.42. The van der Waals surface area contributed by atoms with Crippen LogP contribution in [-0.4, -0.2) is 30.4 Å². The summed E-state index contributed by atoms with van der Waals surface area (Å²) in [6, 6.07) is 9.64. The fourth-order valence-electron chi connectivity index (χ4n) is 1.51. The van der Waals surface area contributed by atoms with Crippen molar-refractivity contribution in [3.05, 3.63) is 35.9 Å². The van der Waals surface area contributed by atoms with Crippen molar-refractivity contribution >= 4 is 5.97 Å². The van der Waals surface area contributed by atoms with Gasteiger partial charge in [0.25, 0.3) is 0 Å². The van der Waals surface area contributed by atoms with E-state index < -0.39 is 12.1 Å². The maximum Gasteiger partial charge on any atom is 0.335 e. The second-order valence-electron chi connectivity index (χ2n) is 3.39. The van der Waals surface area contributed by atoms with Gasteiger partial charge in [0.2, 0.25) is 0 Å². The summed E-state index contributed by atoms with van der Waals surface area (Å²) in [6.45, 7) is 0.399. The molecule has 1 aromatic rings. The Labute approximate surface area is 87.4 Å². The van der Waals surface area contributed by atoms with Crippen LogP contribution in [-0.2, 0) is 14.3 Å². The Hall–Kier alpha value is -1.39. The Kier molecular flexibility index (Phi) is 2.99. The van der Waals surface area contributed by atoms with Gasteiger partial charge in [0, 0.05) is 0 Å². The standard InChI is InChI=1S/C11H12O4/c12-11(13)10-7-14-9(6-15-10)8-4-2-1-3-5-8/h1-5,9-10H,6-7H2,(H,12,13)/t9-,10-/m1/s1. The lowest BCUT2D eigenvalue weighted by molar-refractivity contribution is -0.176. The van der Waals surface area contributed by atoms with E-state index in [1.54, 1.807) is 0 Å². The highest BCUT2D eigenvalue weighted by Gasteiger charge is 2.27. The largest absolute Gasteiger partial charge is 0.479 e. The van der Waals surface area contributed by atoms with Crippen molar-refractivity contribution in [1.29, 1.82) is 0 Å². The lowest BCUT2D eigenvalue weighted by atomic mass is 10.1. The van der Waals surface area contributed by atoms with E-state index in [4.69, 9.17) is 14.6 Å². The summed E-state index contributed by atoms with van der Waals surface area (Å²) in [5.41, 5.74) is 1.02. The molecule has 4 heteroatoms. The number of carbonyl (C=O) groups is 1. The lowest BCUT2D eigenvalue weighted by Crippen LogP contribution is -2.36. The predicted molar refractivity (Wildman–Crippen MR) is 52.5 cm³/mol. The molecular weight excluding hydrogens is 196 g/mol. The molecule has 0 bridgehead atoms. The number of aliphatic carboxylic acids is 1. The third-order valence-electron chi connectivity index (χ3n) is 2.34. The van der Waals surface area contributed by atoms with E-state index in [0.717, 1.165) is 5.56 Å². The number of hydrogen-bond donors (Lipinski definition) is 1. The molecule has 0 aliphatic carbocycles. The average molecular weight is 208 g/mol. The van der Waals surface area contributed by atoms with Crippen LogP contribution in [0.5, 0.6) is 0 Å². The van der Waals surface area contributed by atoms with Crippen molar-refractivity contribution in [2.45, 2.75) is 12.2 Å². The van der Waals surface area contributed by atoms with Crippen molar-refractivity contribution < 1.29 is 19.4 Å². The minimum atomic E-state index is -0.971. The number of benzene rings is 1. The maximum atomic E-state index is 10.6. The first-order valence-corrected chi connectivity index (χ1v) is 4.78. The van der Waals surface area contributed by atoms with Crippen LogP contribution in [0.2, 0.25) is 0 Å². The van der Waals surface area contributed by atoms with Crippen LogP contribution in [0, 0.1) is 0 Å². The SMILES string of the molecule is O=C(O)[C@H]1CO[C@@H](c2ccccc2)CO1. The smallest absolute Gasteiger partial charge is 0.335 e. The van der Waals surface area contributed by atoms with E-state index >= 15 is 0 Å². The van der Waals surface area contributed by atoms with E-state index in [1.807, 2.05) is 30.3 Å². The summed E-state index contributed by atoms with van der Waals surface area (Å²) in [7, 11) is 0. The molecule has 0 saturated carbocycles. The van der Waals surface area contributed by atoms with Gasteiger partial charge in [-0.15, -0.1) is 0 Å². The number of ether oxygens (including phenoxy) is 2. The Balaban J connectivity index is 1.97. The van der Waals surface area contributed by atoms with Crippen molar-refractivity contribution in [3.8, 4) is 0 Å². The molecule has 80 valence electrons. The van der Waals surface area contributed by atoms with Crippen molar-refractivity contribution in [1.82, 2.24) is 0 Å². The van der Waals surface area contributed by atoms with Crippen LogP contribution in [0.15, 0.2) is 30.3 Å². The topological polar surface area (TPSA) is 55.8 Å². The Morgan fingerprint density at radius 2 is 1.93 bits per heavy atom. The van der Waals surface area contributed by atoms with Crippen LogP contribution in [0.3, 0.4) is 0 Å².